The molecule has 5 nitrogen and oxygen atoms in total. The maximum Gasteiger partial charge on any atom is 0.176 e. The van der Waals surface area contributed by atoms with E-state index in [4.69, 9.17) is 0 Å². The second kappa shape index (κ2) is 12.5. The van der Waals surface area contributed by atoms with E-state index in [1.165, 1.54) is 79.8 Å². The van der Waals surface area contributed by atoms with Crippen molar-refractivity contribution < 1.29 is 17.5 Å². The van der Waals surface area contributed by atoms with Gasteiger partial charge >= 0.3 is 0 Å². The molecule has 0 aliphatic heterocycles. The van der Waals surface area contributed by atoms with E-state index in [0.29, 0.717) is 19.4 Å². The predicted octanol–water partition coefficient (Wildman–Crippen LogP) is 8.47. The highest BCUT2D eigenvalue weighted by molar-refractivity contribution is 7.85. The fraction of sp³-hybridized carbons (Fsp3) is 0.324. The van der Waals surface area contributed by atoms with Crippen LogP contribution < -0.4 is 9.47 Å². The predicted molar refractivity (Wildman–Crippen MR) is 180 cm³/mol. The molecule has 0 amide bonds. The Hall–Kier alpha value is -3.74. The van der Waals surface area contributed by atoms with E-state index in [2.05, 4.69) is 102 Å². The second-order valence-corrected chi connectivity index (χ2v) is 13.3. The van der Waals surface area contributed by atoms with Gasteiger partial charge in [-0.1, -0.05) is 75.2 Å². The van der Waals surface area contributed by atoms with Crippen LogP contribution in [-0.4, -0.2) is 31.8 Å². The average molecular weight is 593 g/mol. The first-order valence-electron chi connectivity index (χ1n) is 15.7. The van der Waals surface area contributed by atoms with Crippen molar-refractivity contribution in [2.45, 2.75) is 58.9 Å². The van der Waals surface area contributed by atoms with E-state index in [1.807, 2.05) is 6.20 Å². The number of pyridine rings is 1. The third-order valence-electron chi connectivity index (χ3n) is 8.80. The van der Waals surface area contributed by atoms with Gasteiger partial charge in [0.1, 0.15) is 6.54 Å². The molecule has 0 unspecified atom stereocenters. The van der Waals surface area contributed by atoms with Crippen LogP contribution in [0.3, 0.4) is 0 Å². The Bertz CT molecular complexity index is 2050. The van der Waals surface area contributed by atoms with Gasteiger partial charge in [-0.05, 0) is 80.6 Å². The third kappa shape index (κ3) is 6.17. The van der Waals surface area contributed by atoms with Crippen molar-refractivity contribution in [3.63, 3.8) is 0 Å². The van der Waals surface area contributed by atoms with Gasteiger partial charge in [-0.25, -0.2) is 13.0 Å². The molecule has 1 aromatic heterocycles. The lowest BCUT2D eigenvalue weighted by atomic mass is 9.93. The van der Waals surface area contributed by atoms with Gasteiger partial charge in [0.25, 0.3) is 0 Å². The molecule has 0 saturated carbocycles. The first kappa shape index (κ1) is 29.3. The Morgan fingerprint density at radius 2 is 1.14 bits per heavy atom. The Balaban J connectivity index is 1.35. The fourth-order valence-corrected chi connectivity index (χ4v) is 7.03. The van der Waals surface area contributed by atoms with E-state index in [9.17, 15) is 13.0 Å². The van der Waals surface area contributed by atoms with Crippen LogP contribution >= 0.6 is 0 Å². The normalized spacial score (nSPS) is 12.3. The minimum Gasteiger partial charge on any atom is -0.748 e. The monoisotopic (exact) mass is 592 g/mol. The summed E-state index contributed by atoms with van der Waals surface area (Å²) in [6.45, 7) is 7.42. The summed E-state index contributed by atoms with van der Waals surface area (Å²) in [5, 5.41) is 12.5. The molecule has 0 fully saturated rings. The molecular formula is C37H40N2O3S. The molecule has 43 heavy (non-hydrogen) atoms. The van der Waals surface area contributed by atoms with Gasteiger partial charge in [-0.15, -0.1) is 0 Å². The number of unbranched alkanes of at least 4 members (excludes halogenated alkanes) is 3. The molecular weight excluding hydrogens is 552 g/mol. The zero-order valence-corrected chi connectivity index (χ0v) is 26.0. The second-order valence-electron chi connectivity index (χ2n) is 11.8. The highest BCUT2D eigenvalue weighted by Gasteiger charge is 2.13. The molecule has 0 saturated heterocycles. The maximum absolute atomic E-state index is 10.9. The standard InChI is InChI=1S/C37H40N2O3S/c1-3-5-21-39(22-6-4-2)29-11-14-30-27(25-29)9-12-34-32(30)15-17-37-35-13-10-28-26-38(20-7-8-24-43(40,41)42)23-19-31(28)33(35)16-18-36(34)37/h9-19,23,25-26H,3-8,20-22,24H2,1-2H3. The summed E-state index contributed by atoms with van der Waals surface area (Å²) >= 11 is 0. The molecule has 222 valence electrons. The molecule has 0 bridgehead atoms. The number of aromatic nitrogens is 1. The molecule has 6 rings (SSSR count). The number of rotatable bonds is 12. The highest BCUT2D eigenvalue weighted by Crippen LogP contribution is 2.37. The summed E-state index contributed by atoms with van der Waals surface area (Å²) in [4.78, 5) is 2.55. The van der Waals surface area contributed by atoms with Gasteiger partial charge in [0, 0.05) is 47.8 Å². The van der Waals surface area contributed by atoms with Crippen LogP contribution in [0.2, 0.25) is 0 Å². The molecule has 0 radical (unpaired) electrons. The van der Waals surface area contributed by atoms with Crippen LogP contribution in [0.1, 0.15) is 52.4 Å². The van der Waals surface area contributed by atoms with Crippen molar-refractivity contribution in [1.82, 2.24) is 0 Å². The highest BCUT2D eigenvalue weighted by atomic mass is 32.2. The number of hydrogen-bond acceptors (Lipinski definition) is 4. The summed E-state index contributed by atoms with van der Waals surface area (Å²) in [6, 6.07) is 27.2. The summed E-state index contributed by atoms with van der Waals surface area (Å²) in [7, 11) is -4.15. The van der Waals surface area contributed by atoms with Gasteiger partial charge in [-0.3, -0.25) is 0 Å². The molecule has 6 aromatic rings. The van der Waals surface area contributed by atoms with Crippen molar-refractivity contribution in [2.75, 3.05) is 23.7 Å². The van der Waals surface area contributed by atoms with Crippen LogP contribution in [0.15, 0.2) is 85.2 Å². The Morgan fingerprint density at radius 1 is 0.628 bits per heavy atom. The van der Waals surface area contributed by atoms with Crippen molar-refractivity contribution >= 4 is 69.7 Å². The zero-order chi connectivity index (χ0) is 30.0. The largest absolute Gasteiger partial charge is 0.748 e. The van der Waals surface area contributed by atoms with Crippen LogP contribution in [0.4, 0.5) is 5.69 Å². The van der Waals surface area contributed by atoms with E-state index in [0.717, 1.165) is 18.5 Å². The first-order chi connectivity index (χ1) is 20.9. The topological polar surface area (TPSA) is 64.3 Å². The zero-order valence-electron chi connectivity index (χ0n) is 25.2. The fourth-order valence-electron chi connectivity index (χ4n) is 6.47. The van der Waals surface area contributed by atoms with E-state index < -0.39 is 10.1 Å². The molecule has 0 spiro atoms. The van der Waals surface area contributed by atoms with Gasteiger partial charge < -0.3 is 9.45 Å². The Kier molecular flexibility index (Phi) is 8.51. The molecule has 0 aliphatic carbocycles. The summed E-state index contributed by atoms with van der Waals surface area (Å²) in [5.41, 5.74) is 1.32. The lowest BCUT2D eigenvalue weighted by Gasteiger charge is -2.25. The minimum absolute atomic E-state index is 0.304. The lowest BCUT2D eigenvalue weighted by molar-refractivity contribution is -0.696. The third-order valence-corrected chi connectivity index (χ3v) is 9.59. The Morgan fingerprint density at radius 3 is 1.72 bits per heavy atom. The van der Waals surface area contributed by atoms with Gasteiger partial charge in [0.15, 0.2) is 12.4 Å². The van der Waals surface area contributed by atoms with Gasteiger partial charge in [-0.2, -0.15) is 0 Å². The van der Waals surface area contributed by atoms with Crippen molar-refractivity contribution in [2.24, 2.45) is 0 Å². The molecule has 1 heterocycles. The molecule has 0 atom stereocenters. The maximum atomic E-state index is 10.9. The summed E-state index contributed by atoms with van der Waals surface area (Å²) < 4.78 is 34.8. The van der Waals surface area contributed by atoms with E-state index in [1.54, 1.807) is 0 Å². The van der Waals surface area contributed by atoms with Crippen molar-refractivity contribution in [1.29, 1.82) is 0 Å². The van der Waals surface area contributed by atoms with E-state index in [-0.39, 0.29) is 5.75 Å². The van der Waals surface area contributed by atoms with Crippen LogP contribution in [0.25, 0.3) is 53.9 Å². The lowest BCUT2D eigenvalue weighted by Crippen LogP contribution is -2.32. The smallest absolute Gasteiger partial charge is 0.176 e. The SMILES string of the molecule is CCCCN(CCCC)c1ccc2c(ccc3c2ccc2c4ccc5c[n+](CCCCS(=O)(=O)[O-])ccc5c4ccc32)c1. The first-order valence-corrected chi connectivity index (χ1v) is 17.3. The quantitative estimate of drug-likeness (QED) is 0.0619. The van der Waals surface area contributed by atoms with Crippen molar-refractivity contribution in [3.8, 4) is 0 Å². The molecule has 0 aliphatic rings. The van der Waals surface area contributed by atoms with Crippen LogP contribution in [0, 0.1) is 0 Å². The van der Waals surface area contributed by atoms with Gasteiger partial charge in [0.2, 0.25) is 0 Å². The summed E-state index contributed by atoms with van der Waals surface area (Å²) in [5.74, 6) is -0.304. The number of fused-ring (bicyclic) bond motifs is 9. The number of anilines is 1. The molecule has 0 N–H and O–H groups in total. The number of aryl methyl sites for hydroxylation is 1. The van der Waals surface area contributed by atoms with Gasteiger partial charge in [0.05, 0.1) is 10.1 Å². The number of benzene rings is 5. The number of nitrogens with zero attached hydrogens (tertiary/aromatic N) is 2. The average Bonchev–Trinajstić information content (AvgIpc) is 3.01. The summed E-state index contributed by atoms with van der Waals surface area (Å²) in [6.07, 6.45) is 10.0. The van der Waals surface area contributed by atoms with E-state index >= 15 is 0 Å². The van der Waals surface area contributed by atoms with Crippen molar-refractivity contribution in [3.05, 3.63) is 85.2 Å². The Labute approximate surface area is 254 Å². The molecule has 5 aromatic carbocycles. The number of hydrogen-bond donors (Lipinski definition) is 0. The molecule has 6 heteroatoms. The minimum atomic E-state index is -4.15. The van der Waals surface area contributed by atoms with Crippen LogP contribution in [-0.2, 0) is 16.7 Å². The van der Waals surface area contributed by atoms with Crippen LogP contribution in [0.5, 0.6) is 0 Å².